The predicted octanol–water partition coefficient (Wildman–Crippen LogP) is 3.41. The van der Waals surface area contributed by atoms with Crippen molar-refractivity contribution in [3.8, 4) is 0 Å². The Morgan fingerprint density at radius 1 is 1.25 bits per heavy atom. The maximum absolute atomic E-state index is 12.6. The van der Waals surface area contributed by atoms with E-state index in [1.165, 1.54) is 0 Å². The lowest BCUT2D eigenvalue weighted by atomic mass is 9.97. The topological polar surface area (TPSA) is 49.9 Å². The molecule has 2 rings (SSSR count). The summed E-state index contributed by atoms with van der Waals surface area (Å²) in [6.45, 7) is 7.65. The number of carbonyl (C=O) groups excluding carboxylic acids is 2. The van der Waals surface area contributed by atoms with Crippen LogP contribution in [0.5, 0.6) is 0 Å². The first-order chi connectivity index (χ1) is 11.3. The molecule has 0 bridgehead atoms. The zero-order chi connectivity index (χ0) is 17.7. The molecule has 0 unspecified atom stereocenters. The Kier molecular flexibility index (Phi) is 5.86. The molecule has 1 aromatic carbocycles. The predicted molar refractivity (Wildman–Crippen MR) is 93.9 cm³/mol. The van der Waals surface area contributed by atoms with Gasteiger partial charge < -0.3 is 14.5 Å². The maximum Gasteiger partial charge on any atom is 0.410 e. The molecule has 0 saturated carbocycles. The third-order valence-electron chi connectivity index (χ3n) is 4.06. The summed E-state index contributed by atoms with van der Waals surface area (Å²) >= 11 is 0. The molecule has 0 aliphatic carbocycles. The van der Waals surface area contributed by atoms with Gasteiger partial charge in [0.25, 0.3) is 5.91 Å². The van der Waals surface area contributed by atoms with Crippen LogP contribution in [0.15, 0.2) is 30.3 Å². The van der Waals surface area contributed by atoms with Crippen LogP contribution in [0.4, 0.5) is 4.79 Å². The van der Waals surface area contributed by atoms with Crippen LogP contribution < -0.4 is 0 Å². The van der Waals surface area contributed by atoms with Crippen molar-refractivity contribution in [2.45, 2.75) is 39.2 Å². The van der Waals surface area contributed by atoms with Crippen molar-refractivity contribution in [1.82, 2.24) is 9.80 Å². The van der Waals surface area contributed by atoms with Gasteiger partial charge in [0.2, 0.25) is 0 Å². The molecule has 1 heterocycles. The van der Waals surface area contributed by atoms with E-state index in [0.29, 0.717) is 13.1 Å². The first kappa shape index (κ1) is 18.3. The zero-order valence-electron chi connectivity index (χ0n) is 15.1. The molecule has 1 aliphatic rings. The lowest BCUT2D eigenvalue weighted by molar-refractivity contribution is 0.0244. The monoisotopic (exact) mass is 332 g/mol. The highest BCUT2D eigenvalue weighted by molar-refractivity contribution is 5.94. The number of amides is 2. The molecular weight excluding hydrogens is 304 g/mol. The Bertz CT molecular complexity index is 566. The molecule has 1 aliphatic heterocycles. The van der Waals surface area contributed by atoms with Crippen LogP contribution in [0.1, 0.15) is 44.0 Å². The van der Waals surface area contributed by atoms with Gasteiger partial charge in [-0.3, -0.25) is 4.79 Å². The van der Waals surface area contributed by atoms with Crippen molar-refractivity contribution < 1.29 is 14.3 Å². The largest absolute Gasteiger partial charge is 0.444 e. The Morgan fingerprint density at radius 2 is 1.92 bits per heavy atom. The molecule has 0 N–H and O–H groups in total. The third kappa shape index (κ3) is 5.25. The molecule has 1 fully saturated rings. The van der Waals surface area contributed by atoms with Crippen LogP contribution in [0.2, 0.25) is 0 Å². The number of piperidine rings is 1. The van der Waals surface area contributed by atoms with Crippen LogP contribution in [-0.4, -0.2) is 54.1 Å². The van der Waals surface area contributed by atoms with Gasteiger partial charge in [0.05, 0.1) is 0 Å². The SMILES string of the molecule is CN(C[C@@H]1CCCN(C(=O)c2ccccc2)C1)C(=O)OC(C)(C)C. The van der Waals surface area contributed by atoms with E-state index < -0.39 is 5.60 Å². The maximum atomic E-state index is 12.6. The van der Waals surface area contributed by atoms with Crippen molar-refractivity contribution in [3.05, 3.63) is 35.9 Å². The summed E-state index contributed by atoms with van der Waals surface area (Å²) in [6, 6.07) is 9.36. The minimum absolute atomic E-state index is 0.0696. The van der Waals surface area contributed by atoms with Gasteiger partial charge in [-0.05, 0) is 51.7 Å². The molecule has 24 heavy (non-hydrogen) atoms. The third-order valence-corrected chi connectivity index (χ3v) is 4.06. The van der Waals surface area contributed by atoms with Crippen molar-refractivity contribution in [3.63, 3.8) is 0 Å². The minimum Gasteiger partial charge on any atom is -0.444 e. The second-order valence-electron chi connectivity index (χ2n) is 7.49. The minimum atomic E-state index is -0.493. The van der Waals surface area contributed by atoms with E-state index >= 15 is 0 Å². The van der Waals surface area contributed by atoms with Gasteiger partial charge in [0, 0.05) is 32.2 Å². The molecule has 2 amide bonds. The molecule has 0 spiro atoms. The molecule has 132 valence electrons. The highest BCUT2D eigenvalue weighted by Gasteiger charge is 2.27. The van der Waals surface area contributed by atoms with E-state index in [1.54, 1.807) is 11.9 Å². The number of rotatable bonds is 3. The van der Waals surface area contributed by atoms with Crippen LogP contribution in [0, 0.1) is 5.92 Å². The van der Waals surface area contributed by atoms with E-state index in [4.69, 9.17) is 4.74 Å². The lowest BCUT2D eigenvalue weighted by Gasteiger charge is -2.35. The van der Waals surface area contributed by atoms with Crippen LogP contribution >= 0.6 is 0 Å². The number of likely N-dealkylation sites (tertiary alicyclic amines) is 1. The number of carbonyl (C=O) groups is 2. The molecule has 5 nitrogen and oxygen atoms in total. The fraction of sp³-hybridized carbons (Fsp3) is 0.579. The summed E-state index contributed by atoms with van der Waals surface area (Å²) in [5.41, 5.74) is 0.228. The average Bonchev–Trinajstić information content (AvgIpc) is 2.53. The van der Waals surface area contributed by atoms with Gasteiger partial charge in [-0.1, -0.05) is 18.2 Å². The molecule has 1 atom stereocenters. The summed E-state index contributed by atoms with van der Waals surface area (Å²) in [7, 11) is 1.76. The second-order valence-corrected chi connectivity index (χ2v) is 7.49. The molecule has 0 aromatic heterocycles. The Hall–Kier alpha value is -2.04. The molecule has 1 aromatic rings. The van der Waals surface area contributed by atoms with Gasteiger partial charge in [-0.15, -0.1) is 0 Å². The van der Waals surface area contributed by atoms with Gasteiger partial charge in [0.1, 0.15) is 5.60 Å². The molecular formula is C19H28N2O3. The van der Waals surface area contributed by atoms with Gasteiger partial charge in [-0.2, -0.15) is 0 Å². The van der Waals surface area contributed by atoms with Crippen LogP contribution in [0.3, 0.4) is 0 Å². The van der Waals surface area contributed by atoms with Gasteiger partial charge >= 0.3 is 6.09 Å². The number of nitrogens with zero attached hydrogens (tertiary/aromatic N) is 2. The van der Waals surface area contributed by atoms with E-state index in [9.17, 15) is 9.59 Å². The fourth-order valence-electron chi connectivity index (χ4n) is 2.96. The fourth-order valence-corrected chi connectivity index (χ4v) is 2.96. The summed E-state index contributed by atoms with van der Waals surface area (Å²) in [5.74, 6) is 0.351. The smallest absolute Gasteiger partial charge is 0.410 e. The first-order valence-electron chi connectivity index (χ1n) is 8.55. The van der Waals surface area contributed by atoms with Crippen molar-refractivity contribution >= 4 is 12.0 Å². The van der Waals surface area contributed by atoms with E-state index in [-0.39, 0.29) is 17.9 Å². The Labute approximate surface area is 144 Å². The normalized spacial score (nSPS) is 18.2. The molecule has 5 heteroatoms. The zero-order valence-corrected chi connectivity index (χ0v) is 15.1. The van der Waals surface area contributed by atoms with E-state index in [1.807, 2.05) is 56.0 Å². The second kappa shape index (κ2) is 7.69. The van der Waals surface area contributed by atoms with Gasteiger partial charge in [-0.25, -0.2) is 4.79 Å². The van der Waals surface area contributed by atoms with Gasteiger partial charge in [0.15, 0.2) is 0 Å². The Balaban J connectivity index is 1.91. The average molecular weight is 332 g/mol. The number of hydrogen-bond acceptors (Lipinski definition) is 3. The number of ether oxygens (including phenoxy) is 1. The number of benzene rings is 1. The van der Waals surface area contributed by atoms with Crippen molar-refractivity contribution in [2.75, 3.05) is 26.7 Å². The van der Waals surface area contributed by atoms with E-state index in [0.717, 1.165) is 24.9 Å². The number of hydrogen-bond donors (Lipinski definition) is 0. The van der Waals surface area contributed by atoms with Crippen LogP contribution in [-0.2, 0) is 4.74 Å². The van der Waals surface area contributed by atoms with Crippen LogP contribution in [0.25, 0.3) is 0 Å². The summed E-state index contributed by atoms with van der Waals surface area (Å²) in [6.07, 6.45) is 1.67. The summed E-state index contributed by atoms with van der Waals surface area (Å²) in [4.78, 5) is 28.2. The molecule has 0 radical (unpaired) electrons. The molecule has 1 saturated heterocycles. The van der Waals surface area contributed by atoms with Crippen molar-refractivity contribution in [1.29, 1.82) is 0 Å². The van der Waals surface area contributed by atoms with E-state index in [2.05, 4.69) is 0 Å². The standard InChI is InChI=1S/C19H28N2O3/c1-19(2,3)24-18(23)20(4)13-15-9-8-12-21(14-15)17(22)16-10-6-5-7-11-16/h5-7,10-11,15H,8-9,12-14H2,1-4H3/t15-/m0/s1. The highest BCUT2D eigenvalue weighted by atomic mass is 16.6. The highest BCUT2D eigenvalue weighted by Crippen LogP contribution is 2.20. The lowest BCUT2D eigenvalue weighted by Crippen LogP contribution is -2.45. The summed E-state index contributed by atoms with van der Waals surface area (Å²) in [5, 5.41) is 0. The first-order valence-corrected chi connectivity index (χ1v) is 8.55. The summed E-state index contributed by atoms with van der Waals surface area (Å²) < 4.78 is 5.39. The quantitative estimate of drug-likeness (QED) is 0.852. The Morgan fingerprint density at radius 3 is 2.54 bits per heavy atom. The van der Waals surface area contributed by atoms with Crippen molar-refractivity contribution in [2.24, 2.45) is 5.92 Å².